The molecule has 0 fully saturated rings. The molecule has 2 aliphatic rings. The van der Waals surface area contributed by atoms with Crippen molar-refractivity contribution in [1.82, 2.24) is 5.32 Å². The third-order valence-electron chi connectivity index (χ3n) is 5.19. The van der Waals surface area contributed by atoms with Crippen LogP contribution in [0.5, 0.6) is 0 Å². The van der Waals surface area contributed by atoms with E-state index in [9.17, 15) is 4.79 Å². The molecule has 0 amide bonds. The van der Waals surface area contributed by atoms with Gasteiger partial charge in [0.2, 0.25) is 0 Å². The van der Waals surface area contributed by atoms with Gasteiger partial charge in [-0.15, -0.1) is 0 Å². The van der Waals surface area contributed by atoms with Gasteiger partial charge in [-0.1, -0.05) is 41.0 Å². The van der Waals surface area contributed by atoms with E-state index in [0.29, 0.717) is 5.57 Å². The first-order valence-corrected chi connectivity index (χ1v) is 10.2. The second-order valence-electron chi connectivity index (χ2n) is 7.95. The molecule has 0 spiro atoms. The molecule has 2 bridgehead atoms. The summed E-state index contributed by atoms with van der Waals surface area (Å²) in [5.74, 6) is 0. The Morgan fingerprint density at radius 2 is 1.74 bits per heavy atom. The fourth-order valence-electron chi connectivity index (χ4n) is 3.47. The summed E-state index contributed by atoms with van der Waals surface area (Å²) < 4.78 is 5.92. The lowest BCUT2D eigenvalue weighted by molar-refractivity contribution is -0.107. The van der Waals surface area contributed by atoms with Crippen molar-refractivity contribution < 1.29 is 9.53 Å². The van der Waals surface area contributed by atoms with E-state index in [2.05, 4.69) is 57.3 Å². The number of carbonyl (C=O) groups excluding carboxylic acids is 1. The van der Waals surface area contributed by atoms with Gasteiger partial charge in [0.1, 0.15) is 12.5 Å². The third kappa shape index (κ3) is 7.34. The van der Waals surface area contributed by atoms with Gasteiger partial charge in [0.25, 0.3) is 0 Å². The van der Waals surface area contributed by atoms with E-state index in [1.807, 2.05) is 6.20 Å². The van der Waals surface area contributed by atoms with Gasteiger partial charge >= 0.3 is 0 Å². The van der Waals surface area contributed by atoms with E-state index in [1.54, 1.807) is 0 Å². The highest BCUT2D eigenvalue weighted by atomic mass is 16.5. The van der Waals surface area contributed by atoms with Crippen LogP contribution >= 0.6 is 0 Å². The molecule has 0 saturated heterocycles. The summed E-state index contributed by atoms with van der Waals surface area (Å²) >= 11 is 0. The Labute approximate surface area is 164 Å². The SMILES string of the molecule is CC(C)=CCC/C(C)=C/CC/C(C)=C/CCC1=CC[C@H]2O[C@@H]1NC=C2C=O. The molecule has 0 unspecified atom stereocenters. The first-order chi connectivity index (χ1) is 13.0. The Balaban J connectivity index is 1.69. The lowest BCUT2D eigenvalue weighted by Gasteiger charge is -2.35. The van der Waals surface area contributed by atoms with Gasteiger partial charge < -0.3 is 10.1 Å². The summed E-state index contributed by atoms with van der Waals surface area (Å²) in [4.78, 5) is 11.0. The first-order valence-electron chi connectivity index (χ1n) is 10.2. The molecule has 0 aliphatic carbocycles. The molecule has 2 atom stereocenters. The van der Waals surface area contributed by atoms with Crippen LogP contribution in [-0.2, 0) is 9.53 Å². The zero-order valence-electron chi connectivity index (χ0n) is 17.4. The van der Waals surface area contributed by atoms with Crippen molar-refractivity contribution in [2.75, 3.05) is 0 Å². The van der Waals surface area contributed by atoms with E-state index in [0.717, 1.165) is 51.2 Å². The van der Waals surface area contributed by atoms with E-state index in [4.69, 9.17) is 4.74 Å². The monoisotopic (exact) mass is 369 g/mol. The van der Waals surface area contributed by atoms with Crippen LogP contribution in [0.2, 0.25) is 0 Å². The smallest absolute Gasteiger partial charge is 0.150 e. The molecule has 148 valence electrons. The number of hydrogen-bond acceptors (Lipinski definition) is 3. The van der Waals surface area contributed by atoms with Crippen molar-refractivity contribution in [1.29, 1.82) is 0 Å². The van der Waals surface area contributed by atoms with Crippen LogP contribution in [0, 0.1) is 0 Å². The summed E-state index contributed by atoms with van der Waals surface area (Å²) in [6, 6.07) is 0. The predicted octanol–water partition coefficient (Wildman–Crippen LogP) is 5.91. The molecule has 2 rings (SSSR count). The van der Waals surface area contributed by atoms with Gasteiger partial charge in [-0.2, -0.15) is 0 Å². The predicted molar refractivity (Wildman–Crippen MR) is 113 cm³/mol. The molecule has 0 aromatic rings. The van der Waals surface area contributed by atoms with E-state index in [-0.39, 0.29) is 12.3 Å². The van der Waals surface area contributed by atoms with Crippen molar-refractivity contribution >= 4 is 6.29 Å². The van der Waals surface area contributed by atoms with Gasteiger partial charge in [-0.3, -0.25) is 4.79 Å². The second kappa shape index (κ2) is 11.1. The lowest BCUT2D eigenvalue weighted by Crippen LogP contribution is -2.42. The molecule has 2 heterocycles. The van der Waals surface area contributed by atoms with Crippen LogP contribution < -0.4 is 5.32 Å². The lowest BCUT2D eigenvalue weighted by atomic mass is 9.96. The third-order valence-corrected chi connectivity index (χ3v) is 5.19. The van der Waals surface area contributed by atoms with Gasteiger partial charge in [0, 0.05) is 11.8 Å². The summed E-state index contributed by atoms with van der Waals surface area (Å²) in [5.41, 5.74) is 6.36. The maximum Gasteiger partial charge on any atom is 0.150 e. The molecule has 0 aromatic carbocycles. The highest BCUT2D eigenvalue weighted by Crippen LogP contribution is 2.28. The standard InChI is InChI=1S/C24H35NO2/c1-18(2)8-5-9-19(3)10-6-11-20(4)12-7-13-21-14-15-23-22(17-26)16-25-24(21)27-23/h8,10,12,14,16-17,23-25H,5-7,9,11,13,15H2,1-4H3/b19-10+,20-12+/t23-,24+/m1/s1. The number of hydrogen-bond donors (Lipinski definition) is 1. The van der Waals surface area contributed by atoms with Crippen LogP contribution in [-0.4, -0.2) is 18.6 Å². The molecule has 0 saturated carbocycles. The second-order valence-corrected chi connectivity index (χ2v) is 7.95. The van der Waals surface area contributed by atoms with Crippen LogP contribution in [0.25, 0.3) is 0 Å². The number of aldehydes is 1. The summed E-state index contributed by atoms with van der Waals surface area (Å²) in [7, 11) is 0. The zero-order valence-corrected chi connectivity index (χ0v) is 17.4. The Hall–Kier alpha value is -1.87. The molecule has 27 heavy (non-hydrogen) atoms. The van der Waals surface area contributed by atoms with Gasteiger partial charge in [0.05, 0.1) is 6.10 Å². The highest BCUT2D eigenvalue weighted by molar-refractivity contribution is 5.75. The maximum absolute atomic E-state index is 11.0. The van der Waals surface area contributed by atoms with Crippen molar-refractivity contribution in [3.8, 4) is 0 Å². The number of carbonyl (C=O) groups is 1. The van der Waals surface area contributed by atoms with E-state index in [1.165, 1.54) is 22.3 Å². The van der Waals surface area contributed by atoms with Crippen molar-refractivity contribution in [3.63, 3.8) is 0 Å². The number of rotatable bonds is 10. The van der Waals surface area contributed by atoms with Crippen molar-refractivity contribution in [2.45, 2.75) is 85.0 Å². The van der Waals surface area contributed by atoms with Crippen molar-refractivity contribution in [2.24, 2.45) is 0 Å². The number of allylic oxidation sites excluding steroid dienone is 6. The van der Waals surface area contributed by atoms with E-state index >= 15 is 0 Å². The molecule has 3 heteroatoms. The average Bonchev–Trinajstić information content (AvgIpc) is 2.63. The minimum Gasteiger partial charge on any atom is -0.362 e. The number of fused-ring (bicyclic) bond motifs is 2. The summed E-state index contributed by atoms with van der Waals surface area (Å²) in [6.07, 6.45) is 19.3. The zero-order chi connectivity index (χ0) is 19.6. The van der Waals surface area contributed by atoms with Crippen LogP contribution in [0.3, 0.4) is 0 Å². The highest BCUT2D eigenvalue weighted by Gasteiger charge is 2.29. The van der Waals surface area contributed by atoms with Gasteiger partial charge in [-0.05, 0) is 78.2 Å². The summed E-state index contributed by atoms with van der Waals surface area (Å²) in [6.45, 7) is 8.78. The Morgan fingerprint density at radius 1 is 1.07 bits per heavy atom. The molecule has 0 radical (unpaired) electrons. The first kappa shape index (κ1) is 21.4. The molecule has 2 aliphatic heterocycles. The molecule has 3 nitrogen and oxygen atoms in total. The fraction of sp³-hybridized carbons (Fsp3) is 0.542. The van der Waals surface area contributed by atoms with Crippen LogP contribution in [0.4, 0.5) is 0 Å². The largest absolute Gasteiger partial charge is 0.362 e. The number of ether oxygens (including phenoxy) is 1. The van der Waals surface area contributed by atoms with Gasteiger partial charge in [-0.25, -0.2) is 0 Å². The Bertz CT molecular complexity index is 660. The fourth-order valence-corrected chi connectivity index (χ4v) is 3.47. The topological polar surface area (TPSA) is 38.3 Å². The summed E-state index contributed by atoms with van der Waals surface area (Å²) in [5, 5.41) is 3.19. The maximum atomic E-state index is 11.0. The quantitative estimate of drug-likeness (QED) is 0.384. The van der Waals surface area contributed by atoms with E-state index < -0.39 is 0 Å². The van der Waals surface area contributed by atoms with Crippen molar-refractivity contribution in [3.05, 3.63) is 58.4 Å². The minimum absolute atomic E-state index is 0.0625. The normalized spacial score (nSPS) is 22.5. The molecule has 1 N–H and O–H groups in total. The average molecular weight is 370 g/mol. The number of nitrogens with one attached hydrogen (secondary N) is 1. The van der Waals surface area contributed by atoms with Gasteiger partial charge in [0.15, 0.2) is 0 Å². The molecule has 0 aromatic heterocycles. The molecular formula is C24H35NO2. The molecular weight excluding hydrogens is 334 g/mol. The minimum atomic E-state index is -0.0680. The Morgan fingerprint density at radius 3 is 2.41 bits per heavy atom. The van der Waals surface area contributed by atoms with Crippen LogP contribution in [0.1, 0.15) is 72.6 Å². The Kier molecular flexibility index (Phi) is 8.80. The van der Waals surface area contributed by atoms with Crippen LogP contribution in [0.15, 0.2) is 58.4 Å².